The molecule has 0 radical (unpaired) electrons. The number of aliphatic hydroxyl groups is 1. The SMILES string of the molecule is CC(C)(C)c1ccc(C(O)CNc2ccccc2)cc1. The first-order chi connectivity index (χ1) is 9.47. The molecule has 0 amide bonds. The fraction of sp³-hybridized carbons (Fsp3) is 0.333. The summed E-state index contributed by atoms with van der Waals surface area (Å²) in [5.41, 5.74) is 3.40. The van der Waals surface area contributed by atoms with Gasteiger partial charge in [-0.3, -0.25) is 0 Å². The van der Waals surface area contributed by atoms with Crippen LogP contribution in [0, 0.1) is 0 Å². The predicted molar refractivity (Wildman–Crippen MR) is 85.0 cm³/mol. The van der Waals surface area contributed by atoms with Crippen molar-refractivity contribution >= 4 is 5.69 Å². The van der Waals surface area contributed by atoms with Crippen LogP contribution in [0.5, 0.6) is 0 Å². The number of benzene rings is 2. The van der Waals surface area contributed by atoms with Crippen LogP contribution in [0.3, 0.4) is 0 Å². The van der Waals surface area contributed by atoms with E-state index in [2.05, 4.69) is 38.2 Å². The molecular formula is C18H23NO. The Kier molecular flexibility index (Phi) is 4.46. The van der Waals surface area contributed by atoms with E-state index in [9.17, 15) is 5.11 Å². The Morgan fingerprint density at radius 2 is 1.55 bits per heavy atom. The third-order valence-corrected chi connectivity index (χ3v) is 3.43. The lowest BCUT2D eigenvalue weighted by Crippen LogP contribution is -2.14. The van der Waals surface area contributed by atoms with Gasteiger partial charge in [0.2, 0.25) is 0 Å². The topological polar surface area (TPSA) is 32.3 Å². The van der Waals surface area contributed by atoms with Crippen molar-refractivity contribution in [1.82, 2.24) is 0 Å². The van der Waals surface area contributed by atoms with E-state index in [1.807, 2.05) is 42.5 Å². The van der Waals surface area contributed by atoms with Crippen LogP contribution in [0.15, 0.2) is 54.6 Å². The summed E-state index contributed by atoms with van der Waals surface area (Å²) in [5, 5.41) is 13.5. The van der Waals surface area contributed by atoms with Gasteiger partial charge in [0, 0.05) is 12.2 Å². The molecule has 2 N–H and O–H groups in total. The second-order valence-corrected chi connectivity index (χ2v) is 6.13. The monoisotopic (exact) mass is 269 g/mol. The summed E-state index contributed by atoms with van der Waals surface area (Å²) in [4.78, 5) is 0. The van der Waals surface area contributed by atoms with Gasteiger partial charge in [-0.1, -0.05) is 63.2 Å². The molecule has 1 unspecified atom stereocenters. The lowest BCUT2D eigenvalue weighted by atomic mass is 9.86. The molecule has 20 heavy (non-hydrogen) atoms. The van der Waals surface area contributed by atoms with E-state index in [0.717, 1.165) is 11.3 Å². The highest BCUT2D eigenvalue weighted by atomic mass is 16.3. The summed E-state index contributed by atoms with van der Waals surface area (Å²) in [6, 6.07) is 18.1. The third-order valence-electron chi connectivity index (χ3n) is 3.43. The van der Waals surface area contributed by atoms with Crippen molar-refractivity contribution in [2.45, 2.75) is 32.3 Å². The summed E-state index contributed by atoms with van der Waals surface area (Å²) in [6.45, 7) is 7.08. The molecule has 0 bridgehead atoms. The second-order valence-electron chi connectivity index (χ2n) is 6.13. The number of aliphatic hydroxyl groups excluding tert-OH is 1. The van der Waals surface area contributed by atoms with E-state index in [-0.39, 0.29) is 5.41 Å². The maximum absolute atomic E-state index is 10.2. The van der Waals surface area contributed by atoms with E-state index in [4.69, 9.17) is 0 Å². The van der Waals surface area contributed by atoms with Crippen LogP contribution in [0.1, 0.15) is 38.0 Å². The molecule has 0 heterocycles. The molecule has 0 spiro atoms. The maximum Gasteiger partial charge on any atom is 0.0962 e. The number of rotatable bonds is 4. The highest BCUT2D eigenvalue weighted by Gasteiger charge is 2.14. The van der Waals surface area contributed by atoms with Gasteiger partial charge in [-0.2, -0.15) is 0 Å². The molecule has 2 aromatic carbocycles. The van der Waals surface area contributed by atoms with Crippen LogP contribution in [0.4, 0.5) is 5.69 Å². The first-order valence-electron chi connectivity index (χ1n) is 7.04. The van der Waals surface area contributed by atoms with E-state index >= 15 is 0 Å². The minimum absolute atomic E-state index is 0.145. The van der Waals surface area contributed by atoms with Gasteiger partial charge >= 0.3 is 0 Å². The van der Waals surface area contributed by atoms with E-state index in [1.54, 1.807) is 0 Å². The zero-order valence-corrected chi connectivity index (χ0v) is 12.4. The van der Waals surface area contributed by atoms with Crippen LogP contribution >= 0.6 is 0 Å². The number of hydrogen-bond donors (Lipinski definition) is 2. The average Bonchev–Trinajstić information content (AvgIpc) is 2.45. The highest BCUT2D eigenvalue weighted by molar-refractivity contribution is 5.42. The zero-order chi connectivity index (χ0) is 14.6. The second kappa shape index (κ2) is 6.10. The van der Waals surface area contributed by atoms with Crippen LogP contribution in [0.25, 0.3) is 0 Å². The molecular weight excluding hydrogens is 246 g/mol. The molecule has 0 aromatic heterocycles. The van der Waals surface area contributed by atoms with Crippen LogP contribution in [-0.2, 0) is 5.41 Å². The highest BCUT2D eigenvalue weighted by Crippen LogP contribution is 2.24. The molecule has 0 aliphatic carbocycles. The summed E-state index contributed by atoms with van der Waals surface area (Å²) >= 11 is 0. The van der Waals surface area contributed by atoms with Crippen molar-refractivity contribution < 1.29 is 5.11 Å². The van der Waals surface area contributed by atoms with Crippen molar-refractivity contribution in [3.8, 4) is 0 Å². The summed E-state index contributed by atoms with van der Waals surface area (Å²) in [5.74, 6) is 0. The Morgan fingerprint density at radius 1 is 0.950 bits per heavy atom. The molecule has 0 fully saturated rings. The maximum atomic E-state index is 10.2. The molecule has 1 atom stereocenters. The molecule has 2 aromatic rings. The minimum atomic E-state index is -0.496. The van der Waals surface area contributed by atoms with Crippen molar-refractivity contribution in [3.63, 3.8) is 0 Å². The molecule has 0 saturated carbocycles. The lowest BCUT2D eigenvalue weighted by Gasteiger charge is -2.20. The molecule has 0 saturated heterocycles. The fourth-order valence-electron chi connectivity index (χ4n) is 2.09. The Morgan fingerprint density at radius 3 is 2.10 bits per heavy atom. The Bertz CT molecular complexity index is 526. The zero-order valence-electron chi connectivity index (χ0n) is 12.4. The van der Waals surface area contributed by atoms with Crippen LogP contribution in [0.2, 0.25) is 0 Å². The minimum Gasteiger partial charge on any atom is -0.387 e. The van der Waals surface area contributed by atoms with Gasteiger partial charge in [-0.15, -0.1) is 0 Å². The van der Waals surface area contributed by atoms with Gasteiger partial charge in [0.05, 0.1) is 6.10 Å². The largest absolute Gasteiger partial charge is 0.387 e. The Balaban J connectivity index is 1.97. The number of hydrogen-bond acceptors (Lipinski definition) is 2. The van der Waals surface area contributed by atoms with Crippen molar-refractivity contribution in [3.05, 3.63) is 65.7 Å². The molecule has 0 aliphatic rings. The summed E-state index contributed by atoms with van der Waals surface area (Å²) in [7, 11) is 0. The molecule has 2 rings (SSSR count). The van der Waals surface area contributed by atoms with Crippen LogP contribution < -0.4 is 5.32 Å². The quantitative estimate of drug-likeness (QED) is 0.874. The van der Waals surface area contributed by atoms with Crippen LogP contribution in [-0.4, -0.2) is 11.7 Å². The van der Waals surface area contributed by atoms with Gasteiger partial charge in [-0.25, -0.2) is 0 Å². The standard InChI is InChI=1S/C18H23NO/c1-18(2,3)15-11-9-14(10-12-15)17(20)13-19-16-7-5-4-6-8-16/h4-12,17,19-20H,13H2,1-3H3. The van der Waals surface area contributed by atoms with E-state index < -0.39 is 6.10 Å². The summed E-state index contributed by atoms with van der Waals surface area (Å²) in [6.07, 6.45) is -0.496. The normalized spacial score (nSPS) is 13.0. The molecule has 2 nitrogen and oxygen atoms in total. The fourth-order valence-corrected chi connectivity index (χ4v) is 2.09. The molecule has 2 heteroatoms. The van der Waals surface area contributed by atoms with Gasteiger partial charge in [-0.05, 0) is 28.7 Å². The number of para-hydroxylation sites is 1. The van der Waals surface area contributed by atoms with Gasteiger partial charge in [0.1, 0.15) is 0 Å². The number of anilines is 1. The number of nitrogens with one attached hydrogen (secondary N) is 1. The Labute approximate surface area is 121 Å². The average molecular weight is 269 g/mol. The van der Waals surface area contributed by atoms with Crippen molar-refractivity contribution in [2.75, 3.05) is 11.9 Å². The van der Waals surface area contributed by atoms with Crippen molar-refractivity contribution in [1.29, 1.82) is 0 Å². The lowest BCUT2D eigenvalue weighted by molar-refractivity contribution is 0.191. The first kappa shape index (κ1) is 14.6. The molecule has 106 valence electrons. The third kappa shape index (κ3) is 3.84. The summed E-state index contributed by atoms with van der Waals surface area (Å²) < 4.78 is 0. The van der Waals surface area contributed by atoms with Gasteiger partial charge in [0.15, 0.2) is 0 Å². The van der Waals surface area contributed by atoms with Crippen molar-refractivity contribution in [2.24, 2.45) is 0 Å². The predicted octanol–water partition coefficient (Wildman–Crippen LogP) is 4.13. The van der Waals surface area contributed by atoms with E-state index in [1.165, 1.54) is 5.56 Å². The Hall–Kier alpha value is -1.80. The first-order valence-corrected chi connectivity index (χ1v) is 7.04. The smallest absolute Gasteiger partial charge is 0.0962 e. The van der Waals surface area contributed by atoms with Gasteiger partial charge in [0.25, 0.3) is 0 Å². The molecule has 0 aliphatic heterocycles. The van der Waals surface area contributed by atoms with Gasteiger partial charge < -0.3 is 10.4 Å². The van der Waals surface area contributed by atoms with E-state index in [0.29, 0.717) is 6.54 Å².